The van der Waals surface area contributed by atoms with Gasteiger partial charge in [0.05, 0.1) is 17.4 Å². The first-order valence-electron chi connectivity index (χ1n) is 6.23. The molecule has 8 heteroatoms. The van der Waals surface area contributed by atoms with Crippen LogP contribution in [0.3, 0.4) is 0 Å². The number of benzene rings is 1. The first-order valence-corrected chi connectivity index (χ1v) is 7.71. The van der Waals surface area contributed by atoms with Gasteiger partial charge in [0.2, 0.25) is 10.0 Å². The number of carboxylic acid groups (broad SMARTS) is 1. The molecule has 21 heavy (non-hydrogen) atoms. The van der Waals surface area contributed by atoms with E-state index in [0.29, 0.717) is 6.42 Å². The fraction of sp³-hybridized carbons (Fsp3) is 0.385. The molecule has 0 heterocycles. The normalized spacial score (nSPS) is 12.4. The van der Waals surface area contributed by atoms with E-state index in [2.05, 4.69) is 4.72 Å². The summed E-state index contributed by atoms with van der Waals surface area (Å²) in [6, 6.07) is 6.88. The van der Waals surface area contributed by atoms with Crippen molar-refractivity contribution in [2.75, 3.05) is 6.61 Å². The van der Waals surface area contributed by atoms with E-state index in [1.807, 2.05) is 6.07 Å². The quantitative estimate of drug-likeness (QED) is 0.743. The molecule has 0 aliphatic heterocycles. The molecule has 0 radical (unpaired) electrons. The minimum atomic E-state index is -3.71. The summed E-state index contributed by atoms with van der Waals surface area (Å²) >= 11 is 0. The highest BCUT2D eigenvalue weighted by molar-refractivity contribution is 7.89. The van der Waals surface area contributed by atoms with E-state index in [1.165, 1.54) is 24.3 Å². The fourth-order valence-corrected chi connectivity index (χ4v) is 2.85. The summed E-state index contributed by atoms with van der Waals surface area (Å²) in [5.74, 6) is -0.851. The first kappa shape index (κ1) is 16.9. The summed E-state index contributed by atoms with van der Waals surface area (Å²) in [4.78, 5) is 10.4. The van der Waals surface area contributed by atoms with E-state index in [-0.39, 0.29) is 17.1 Å². The van der Waals surface area contributed by atoms with Crippen LogP contribution in [0.25, 0.3) is 0 Å². The summed E-state index contributed by atoms with van der Waals surface area (Å²) in [7, 11) is -3.71. The minimum absolute atomic E-state index is 0.0292. The number of hydrogen-bond donors (Lipinski definition) is 2. The Hall–Kier alpha value is -2.11. The number of carboxylic acids is 1. The zero-order valence-corrected chi connectivity index (χ0v) is 12.3. The Morgan fingerprint density at radius 2 is 2.05 bits per heavy atom. The van der Waals surface area contributed by atoms with Gasteiger partial charge in [0.15, 0.2) is 6.61 Å². The van der Waals surface area contributed by atoms with E-state index in [1.54, 1.807) is 6.92 Å². The Labute approximate surface area is 123 Å². The summed E-state index contributed by atoms with van der Waals surface area (Å²) in [5, 5.41) is 17.1. The number of aliphatic carboxylic acids is 1. The van der Waals surface area contributed by atoms with Crippen LogP contribution in [0.1, 0.15) is 19.8 Å². The molecule has 0 aliphatic carbocycles. The second kappa shape index (κ2) is 7.61. The monoisotopic (exact) mass is 312 g/mol. The van der Waals surface area contributed by atoms with E-state index < -0.39 is 28.6 Å². The maximum absolute atomic E-state index is 12.1. The molecule has 114 valence electrons. The number of ether oxygens (including phenoxy) is 1. The van der Waals surface area contributed by atoms with Crippen molar-refractivity contribution in [2.45, 2.75) is 30.7 Å². The van der Waals surface area contributed by atoms with Gasteiger partial charge in [0.1, 0.15) is 5.75 Å². The molecular formula is C13H16N2O5S. The van der Waals surface area contributed by atoms with Crippen LogP contribution in [0.2, 0.25) is 0 Å². The first-order chi connectivity index (χ1) is 9.89. The number of hydrogen-bond acceptors (Lipinski definition) is 5. The molecule has 0 aromatic heterocycles. The van der Waals surface area contributed by atoms with Crippen molar-refractivity contribution in [2.24, 2.45) is 0 Å². The van der Waals surface area contributed by atoms with Crippen LogP contribution in [0, 0.1) is 11.3 Å². The summed E-state index contributed by atoms with van der Waals surface area (Å²) in [6.45, 7) is 1.29. The average Bonchev–Trinajstić information content (AvgIpc) is 2.45. The number of nitrogens with one attached hydrogen (secondary N) is 1. The van der Waals surface area contributed by atoms with Crippen molar-refractivity contribution < 1.29 is 23.1 Å². The Morgan fingerprint density at radius 1 is 1.43 bits per heavy atom. The van der Waals surface area contributed by atoms with Crippen LogP contribution >= 0.6 is 0 Å². The molecule has 1 aromatic carbocycles. The smallest absolute Gasteiger partial charge is 0.341 e. The van der Waals surface area contributed by atoms with Crippen LogP contribution in [0.4, 0.5) is 0 Å². The highest BCUT2D eigenvalue weighted by Gasteiger charge is 2.18. The van der Waals surface area contributed by atoms with E-state index in [9.17, 15) is 13.2 Å². The van der Waals surface area contributed by atoms with Crippen molar-refractivity contribution in [3.05, 3.63) is 24.3 Å². The lowest BCUT2D eigenvalue weighted by Crippen LogP contribution is -2.34. The molecular weight excluding hydrogens is 296 g/mol. The molecule has 0 amide bonds. The van der Waals surface area contributed by atoms with E-state index in [4.69, 9.17) is 15.1 Å². The molecule has 1 atom stereocenters. The Bertz CT molecular complexity index is 619. The fourth-order valence-electron chi connectivity index (χ4n) is 1.53. The third-order valence-electron chi connectivity index (χ3n) is 2.65. The zero-order chi connectivity index (χ0) is 15.9. The molecule has 0 saturated carbocycles. The molecule has 0 fully saturated rings. The molecule has 0 spiro atoms. The zero-order valence-electron chi connectivity index (χ0n) is 11.4. The van der Waals surface area contributed by atoms with Gasteiger partial charge >= 0.3 is 5.97 Å². The molecule has 0 aliphatic rings. The largest absolute Gasteiger partial charge is 0.482 e. The van der Waals surface area contributed by atoms with Crippen LogP contribution in [0.15, 0.2) is 29.2 Å². The Balaban J connectivity index is 2.80. The SMILES string of the molecule is CCC(CC#N)NS(=O)(=O)c1ccc(OCC(=O)O)cc1. The molecule has 2 N–H and O–H groups in total. The predicted molar refractivity (Wildman–Crippen MR) is 74.2 cm³/mol. The van der Waals surface area contributed by atoms with Crippen LogP contribution < -0.4 is 9.46 Å². The van der Waals surface area contributed by atoms with Crippen molar-refractivity contribution in [3.8, 4) is 11.8 Å². The van der Waals surface area contributed by atoms with Crippen LogP contribution in [0.5, 0.6) is 5.75 Å². The number of nitrogens with zero attached hydrogens (tertiary/aromatic N) is 1. The van der Waals surface area contributed by atoms with Gasteiger partial charge in [-0.05, 0) is 30.7 Å². The lowest BCUT2D eigenvalue weighted by atomic mass is 10.2. The van der Waals surface area contributed by atoms with E-state index in [0.717, 1.165) is 0 Å². The number of carbonyl (C=O) groups is 1. The lowest BCUT2D eigenvalue weighted by molar-refractivity contribution is -0.139. The van der Waals surface area contributed by atoms with Gasteiger partial charge in [-0.2, -0.15) is 5.26 Å². The molecule has 1 unspecified atom stereocenters. The van der Waals surface area contributed by atoms with Crippen molar-refractivity contribution in [1.82, 2.24) is 4.72 Å². The maximum atomic E-state index is 12.1. The van der Waals surface area contributed by atoms with E-state index >= 15 is 0 Å². The average molecular weight is 312 g/mol. The van der Waals surface area contributed by atoms with Gasteiger partial charge in [-0.1, -0.05) is 6.92 Å². The maximum Gasteiger partial charge on any atom is 0.341 e. The van der Waals surface area contributed by atoms with Crippen molar-refractivity contribution >= 4 is 16.0 Å². The molecule has 1 aromatic rings. The van der Waals surface area contributed by atoms with Crippen molar-refractivity contribution in [1.29, 1.82) is 5.26 Å². The third-order valence-corrected chi connectivity index (χ3v) is 4.19. The number of nitriles is 1. The highest BCUT2D eigenvalue weighted by atomic mass is 32.2. The minimum Gasteiger partial charge on any atom is -0.482 e. The van der Waals surface area contributed by atoms with Gasteiger partial charge < -0.3 is 9.84 Å². The summed E-state index contributed by atoms with van der Waals surface area (Å²) < 4.78 is 31.6. The van der Waals surface area contributed by atoms with Crippen LogP contribution in [-0.2, 0) is 14.8 Å². The molecule has 1 rings (SSSR count). The molecule has 0 bridgehead atoms. The summed E-state index contributed by atoms with van der Waals surface area (Å²) in [5.41, 5.74) is 0. The second-order valence-corrected chi connectivity index (χ2v) is 5.96. The topological polar surface area (TPSA) is 116 Å². The molecule has 0 saturated heterocycles. The van der Waals surface area contributed by atoms with Gasteiger partial charge in [0.25, 0.3) is 0 Å². The standard InChI is InChI=1S/C13H16N2O5S/c1-2-10(7-8-14)15-21(18,19)12-5-3-11(4-6-12)20-9-13(16)17/h3-6,10,15H,2,7,9H2,1H3,(H,16,17). The highest BCUT2D eigenvalue weighted by Crippen LogP contribution is 2.16. The Kier molecular flexibility index (Phi) is 6.14. The lowest BCUT2D eigenvalue weighted by Gasteiger charge is -2.14. The molecule has 7 nitrogen and oxygen atoms in total. The van der Waals surface area contributed by atoms with Gasteiger partial charge in [-0.3, -0.25) is 0 Å². The van der Waals surface area contributed by atoms with Crippen molar-refractivity contribution in [3.63, 3.8) is 0 Å². The van der Waals surface area contributed by atoms with Gasteiger partial charge in [0, 0.05) is 6.04 Å². The number of rotatable bonds is 8. The third kappa shape index (κ3) is 5.41. The predicted octanol–water partition coefficient (Wildman–Crippen LogP) is 1.12. The number of sulfonamides is 1. The van der Waals surface area contributed by atoms with Gasteiger partial charge in [-0.25, -0.2) is 17.9 Å². The van der Waals surface area contributed by atoms with Gasteiger partial charge in [-0.15, -0.1) is 0 Å². The Morgan fingerprint density at radius 3 is 2.52 bits per heavy atom. The van der Waals surface area contributed by atoms with Crippen LogP contribution in [-0.4, -0.2) is 32.1 Å². The summed E-state index contributed by atoms with van der Waals surface area (Å²) in [6.07, 6.45) is 0.599. The second-order valence-electron chi connectivity index (χ2n) is 4.24.